The van der Waals surface area contributed by atoms with E-state index in [1.54, 1.807) is 13.0 Å². The number of carbonyl (C=O) groups is 1. The summed E-state index contributed by atoms with van der Waals surface area (Å²) in [7, 11) is 0. The van der Waals surface area contributed by atoms with Gasteiger partial charge in [-0.15, -0.1) is 0 Å². The second kappa shape index (κ2) is 7.21. The lowest BCUT2D eigenvalue weighted by Gasteiger charge is -2.16. The highest BCUT2D eigenvalue weighted by atomic mass is 19.4. The van der Waals surface area contributed by atoms with E-state index in [0.29, 0.717) is 5.75 Å². The van der Waals surface area contributed by atoms with Crippen molar-refractivity contribution in [3.63, 3.8) is 0 Å². The van der Waals surface area contributed by atoms with Gasteiger partial charge in [-0.1, -0.05) is 18.6 Å². The van der Waals surface area contributed by atoms with Gasteiger partial charge in [0.15, 0.2) is 5.60 Å². The first-order valence-electron chi connectivity index (χ1n) is 8.81. The number of amides is 1. The summed E-state index contributed by atoms with van der Waals surface area (Å²) in [6.45, 7) is 1.37. The van der Waals surface area contributed by atoms with Crippen molar-refractivity contribution in [3.05, 3.63) is 35.6 Å². The van der Waals surface area contributed by atoms with Crippen LogP contribution in [0.2, 0.25) is 0 Å². The Balaban J connectivity index is 1.55. The molecule has 1 aromatic rings. The van der Waals surface area contributed by atoms with E-state index in [-0.39, 0.29) is 12.1 Å². The van der Waals surface area contributed by atoms with Crippen LogP contribution in [-0.2, 0) is 9.53 Å². The van der Waals surface area contributed by atoms with Crippen molar-refractivity contribution in [2.45, 2.75) is 56.9 Å². The topological polar surface area (TPSA) is 50.9 Å². The number of hydrogen-bond donors (Lipinski definition) is 1. The van der Waals surface area contributed by atoms with Crippen LogP contribution < -0.4 is 10.1 Å². The second-order valence-electron chi connectivity index (χ2n) is 6.87. The van der Waals surface area contributed by atoms with Crippen LogP contribution in [0.25, 0.3) is 6.08 Å². The molecule has 26 heavy (non-hydrogen) atoms. The molecular weight excluding hydrogens is 347 g/mol. The fourth-order valence-corrected chi connectivity index (χ4v) is 3.26. The molecule has 4 nitrogen and oxygen atoms in total. The number of halogens is 3. The minimum Gasteiger partial charge on any atom is -0.489 e. The molecule has 0 unspecified atom stereocenters. The number of carbonyl (C=O) groups excluding carboxylic acids is 1. The van der Waals surface area contributed by atoms with Gasteiger partial charge in [0.2, 0.25) is 0 Å². The summed E-state index contributed by atoms with van der Waals surface area (Å²) in [5.41, 5.74) is 0.857. The van der Waals surface area contributed by atoms with Gasteiger partial charge in [-0.3, -0.25) is 4.79 Å². The van der Waals surface area contributed by atoms with E-state index in [1.165, 1.54) is 19.3 Å². The maximum Gasteiger partial charge on any atom is 0.471 e. The molecule has 0 radical (unpaired) electrons. The molecule has 0 bridgehead atoms. The largest absolute Gasteiger partial charge is 0.489 e. The standard InChI is InChI=1S/C19H22F3NO3/c1-13(12-23-17(24)19(20,21)22)25-15-7-5-6-14(10-15)11-16-18(26-16)8-3-2-4-9-18/h5-7,10-11,13H,2-4,8-9,12H2,1H3,(H,23,24)/b16-11-/t13-/m0/s1. The molecule has 7 heteroatoms. The van der Waals surface area contributed by atoms with E-state index in [1.807, 2.05) is 29.6 Å². The number of benzene rings is 1. The number of nitrogens with one attached hydrogen (secondary N) is 1. The van der Waals surface area contributed by atoms with Crippen LogP contribution >= 0.6 is 0 Å². The summed E-state index contributed by atoms with van der Waals surface area (Å²) in [4.78, 5) is 10.8. The van der Waals surface area contributed by atoms with Gasteiger partial charge in [0, 0.05) is 0 Å². The zero-order chi connectivity index (χ0) is 18.8. The van der Waals surface area contributed by atoms with Gasteiger partial charge in [-0.05, 0) is 56.4 Å². The van der Waals surface area contributed by atoms with Crippen molar-refractivity contribution in [3.8, 4) is 5.75 Å². The second-order valence-corrected chi connectivity index (χ2v) is 6.87. The number of alkyl halides is 3. The lowest BCUT2D eigenvalue weighted by atomic mass is 9.88. The molecule has 2 aliphatic rings. The molecule has 1 atom stereocenters. The third-order valence-corrected chi connectivity index (χ3v) is 4.67. The van der Waals surface area contributed by atoms with Gasteiger partial charge in [0.05, 0.1) is 6.54 Å². The van der Waals surface area contributed by atoms with Crippen LogP contribution in [0.1, 0.15) is 44.6 Å². The first kappa shape index (κ1) is 18.6. The van der Waals surface area contributed by atoms with Gasteiger partial charge in [0.1, 0.15) is 17.6 Å². The van der Waals surface area contributed by atoms with E-state index in [0.717, 1.165) is 24.2 Å². The van der Waals surface area contributed by atoms with Crippen molar-refractivity contribution < 1.29 is 27.4 Å². The normalized spacial score (nSPS) is 21.2. The quantitative estimate of drug-likeness (QED) is 0.791. The molecule has 0 aromatic heterocycles. The Hall–Kier alpha value is -2.18. The molecule has 1 spiro atoms. The Morgan fingerprint density at radius 3 is 2.77 bits per heavy atom. The van der Waals surface area contributed by atoms with Crippen LogP contribution in [0.15, 0.2) is 30.0 Å². The van der Waals surface area contributed by atoms with Gasteiger partial charge < -0.3 is 14.8 Å². The molecule has 1 aromatic carbocycles. The van der Waals surface area contributed by atoms with Gasteiger partial charge in [-0.25, -0.2) is 0 Å². The summed E-state index contributed by atoms with van der Waals surface area (Å²) in [6, 6.07) is 7.29. The van der Waals surface area contributed by atoms with Crippen LogP contribution in [0.4, 0.5) is 13.2 Å². The molecule has 1 aliphatic carbocycles. The van der Waals surface area contributed by atoms with E-state index in [4.69, 9.17) is 9.47 Å². The molecule has 1 heterocycles. The van der Waals surface area contributed by atoms with Gasteiger partial charge in [0.25, 0.3) is 0 Å². The van der Waals surface area contributed by atoms with Crippen molar-refractivity contribution in [2.24, 2.45) is 0 Å². The monoisotopic (exact) mass is 369 g/mol. The van der Waals surface area contributed by atoms with Gasteiger partial charge >= 0.3 is 12.1 Å². The van der Waals surface area contributed by atoms with Gasteiger partial charge in [-0.2, -0.15) is 13.2 Å². The lowest BCUT2D eigenvalue weighted by molar-refractivity contribution is -0.173. The average Bonchev–Trinajstić information content (AvgIpc) is 3.23. The molecule has 1 N–H and O–H groups in total. The number of rotatable bonds is 5. The summed E-state index contributed by atoms with van der Waals surface area (Å²) >= 11 is 0. The first-order chi connectivity index (χ1) is 12.3. The summed E-state index contributed by atoms with van der Waals surface area (Å²) < 4.78 is 48.0. The molecule has 142 valence electrons. The van der Waals surface area contributed by atoms with Crippen molar-refractivity contribution >= 4 is 12.0 Å². The highest BCUT2D eigenvalue weighted by Crippen LogP contribution is 2.52. The van der Waals surface area contributed by atoms with Crippen molar-refractivity contribution in [1.82, 2.24) is 5.32 Å². The van der Waals surface area contributed by atoms with Crippen LogP contribution in [0, 0.1) is 0 Å². The summed E-state index contributed by atoms with van der Waals surface area (Å²) in [5.74, 6) is -0.429. The van der Waals surface area contributed by atoms with Crippen LogP contribution in [0.5, 0.6) is 5.75 Å². The minimum absolute atomic E-state index is 0.0652. The summed E-state index contributed by atoms with van der Waals surface area (Å²) in [6.07, 6.45) is 2.26. The molecule has 3 rings (SSSR count). The maximum absolute atomic E-state index is 12.2. The fourth-order valence-electron chi connectivity index (χ4n) is 3.26. The first-order valence-corrected chi connectivity index (χ1v) is 8.81. The highest BCUT2D eigenvalue weighted by Gasteiger charge is 2.52. The smallest absolute Gasteiger partial charge is 0.471 e. The molecular formula is C19H22F3NO3. The minimum atomic E-state index is -4.88. The lowest BCUT2D eigenvalue weighted by Crippen LogP contribution is -2.41. The Morgan fingerprint density at radius 2 is 2.08 bits per heavy atom. The molecule has 1 aliphatic heterocycles. The average molecular weight is 369 g/mol. The third kappa shape index (κ3) is 4.51. The Morgan fingerprint density at radius 1 is 1.35 bits per heavy atom. The van der Waals surface area contributed by atoms with E-state index >= 15 is 0 Å². The molecule has 1 saturated carbocycles. The van der Waals surface area contributed by atoms with Crippen molar-refractivity contribution in [1.29, 1.82) is 0 Å². The molecule has 1 amide bonds. The Bertz CT molecular complexity index is 694. The summed E-state index contributed by atoms with van der Waals surface area (Å²) in [5, 5.41) is 1.82. The van der Waals surface area contributed by atoms with Crippen LogP contribution in [0.3, 0.4) is 0 Å². The van der Waals surface area contributed by atoms with E-state index < -0.39 is 18.2 Å². The number of epoxide rings is 1. The molecule has 1 saturated heterocycles. The maximum atomic E-state index is 12.2. The number of ether oxygens (including phenoxy) is 2. The molecule has 2 fully saturated rings. The zero-order valence-electron chi connectivity index (χ0n) is 14.6. The Kier molecular flexibility index (Phi) is 5.16. The van der Waals surface area contributed by atoms with Crippen molar-refractivity contribution in [2.75, 3.05) is 6.54 Å². The zero-order valence-corrected chi connectivity index (χ0v) is 14.6. The highest BCUT2D eigenvalue weighted by molar-refractivity contribution is 5.81. The van der Waals surface area contributed by atoms with Crippen LogP contribution in [-0.4, -0.2) is 30.3 Å². The predicted octanol–water partition coefficient (Wildman–Crippen LogP) is 4.21. The fraction of sp³-hybridized carbons (Fsp3) is 0.526. The predicted molar refractivity (Wildman–Crippen MR) is 90.5 cm³/mol. The third-order valence-electron chi connectivity index (χ3n) is 4.67. The SMILES string of the molecule is C[C@@H](CNC(=O)C(F)(F)F)Oc1cccc(/C=C2\OC23CCCCC3)c1. The Labute approximate surface area is 150 Å². The number of hydrogen-bond acceptors (Lipinski definition) is 3. The van der Waals surface area contributed by atoms with E-state index in [9.17, 15) is 18.0 Å². The van der Waals surface area contributed by atoms with E-state index in [2.05, 4.69) is 0 Å².